The van der Waals surface area contributed by atoms with E-state index in [1.165, 1.54) is 0 Å². The van der Waals surface area contributed by atoms with Gasteiger partial charge in [0, 0.05) is 16.1 Å². The first-order valence-electron chi connectivity index (χ1n) is 6.98. The highest BCUT2D eigenvalue weighted by molar-refractivity contribution is 6.30. The molecule has 0 saturated carbocycles. The molecule has 0 saturated heterocycles. The average molecular weight is 330 g/mol. The van der Waals surface area contributed by atoms with Crippen LogP contribution in [0, 0.1) is 5.39 Å². The number of benzene rings is 2. The van der Waals surface area contributed by atoms with E-state index in [1.54, 1.807) is 55.5 Å². The Kier molecular flexibility index (Phi) is 5.45. The Morgan fingerprint density at radius 2 is 1.83 bits per heavy atom. The number of esters is 1. The van der Waals surface area contributed by atoms with E-state index in [1.807, 2.05) is 0 Å². The van der Waals surface area contributed by atoms with Gasteiger partial charge in [-0.2, -0.15) is 0 Å². The lowest BCUT2D eigenvalue weighted by molar-refractivity contribution is -0.143. The van der Waals surface area contributed by atoms with Gasteiger partial charge in [0.2, 0.25) is 5.39 Å². The van der Waals surface area contributed by atoms with Crippen molar-refractivity contribution >= 4 is 23.4 Å². The third-order valence-corrected chi connectivity index (χ3v) is 3.48. The summed E-state index contributed by atoms with van der Waals surface area (Å²) in [6.45, 7) is 1.80. The van der Waals surface area contributed by atoms with Crippen LogP contribution in [0.1, 0.15) is 34.5 Å². The molecule has 0 amide bonds. The lowest BCUT2D eigenvalue weighted by Crippen LogP contribution is -2.16. The van der Waals surface area contributed by atoms with Crippen molar-refractivity contribution in [3.63, 3.8) is 0 Å². The smallest absolute Gasteiger partial charge is 0.433 e. The molecule has 23 heavy (non-hydrogen) atoms. The normalized spacial score (nSPS) is 11.3. The minimum Gasteiger partial charge on any atom is -0.460 e. The maximum atomic E-state index is 12.7. The van der Waals surface area contributed by atoms with Gasteiger partial charge in [-0.15, -0.1) is 0 Å². The fourth-order valence-corrected chi connectivity index (χ4v) is 2.28. The highest BCUT2D eigenvalue weighted by Gasteiger charge is 2.37. The van der Waals surface area contributed by atoms with Gasteiger partial charge in [0.05, 0.1) is 12.2 Å². The van der Waals surface area contributed by atoms with Crippen molar-refractivity contribution in [2.75, 3.05) is 6.61 Å². The van der Waals surface area contributed by atoms with E-state index in [-0.39, 0.29) is 23.5 Å². The van der Waals surface area contributed by atoms with Gasteiger partial charge in [-0.1, -0.05) is 29.8 Å². The molecule has 0 fully saturated rings. The Morgan fingerprint density at radius 3 is 2.43 bits per heavy atom. The zero-order chi connectivity index (χ0) is 16.8. The van der Waals surface area contributed by atoms with Gasteiger partial charge in [0.1, 0.15) is 4.98 Å². The summed E-state index contributed by atoms with van der Waals surface area (Å²) in [6.07, 6.45) is 0. The summed E-state index contributed by atoms with van der Waals surface area (Å²) in [6, 6.07) is 11.6. The van der Waals surface area contributed by atoms with E-state index >= 15 is 0 Å². The highest BCUT2D eigenvalue weighted by Crippen LogP contribution is 2.25. The molecule has 2 aromatic rings. The molecule has 0 bridgehead atoms. The molecule has 116 valence electrons. The predicted molar refractivity (Wildman–Crippen MR) is 85.8 cm³/mol. The second-order valence-electron chi connectivity index (χ2n) is 4.69. The molecule has 0 aliphatic rings. The SMILES string of the molecule is CCOC(=O)C([N+]#N)c1ccccc1C(=O)c1ccc(Cl)cc1. The number of nitrogens with zero attached hydrogens (tertiary/aromatic N) is 2. The minimum atomic E-state index is -1.26. The monoisotopic (exact) mass is 329 g/mol. The molecule has 6 heteroatoms. The van der Waals surface area contributed by atoms with Crippen LogP contribution in [-0.2, 0) is 9.53 Å². The summed E-state index contributed by atoms with van der Waals surface area (Å²) < 4.78 is 4.88. The fraction of sp³-hybridized carbons (Fsp3) is 0.176. The Bertz CT molecular complexity index is 766. The van der Waals surface area contributed by atoms with Gasteiger partial charge in [-0.3, -0.25) is 4.79 Å². The first-order chi connectivity index (χ1) is 11.1. The van der Waals surface area contributed by atoms with Crippen LogP contribution in [0.5, 0.6) is 0 Å². The molecule has 2 aromatic carbocycles. The molecule has 0 spiro atoms. The van der Waals surface area contributed by atoms with Gasteiger partial charge in [-0.05, 0) is 37.3 Å². The van der Waals surface area contributed by atoms with Crippen molar-refractivity contribution in [1.29, 1.82) is 5.39 Å². The van der Waals surface area contributed by atoms with Crippen molar-refractivity contribution in [2.24, 2.45) is 0 Å². The number of diazo groups is 1. The Hall–Kier alpha value is -2.71. The molecule has 1 unspecified atom stereocenters. The van der Waals surface area contributed by atoms with Crippen molar-refractivity contribution in [3.05, 3.63) is 75.2 Å². The van der Waals surface area contributed by atoms with E-state index in [9.17, 15) is 15.0 Å². The van der Waals surface area contributed by atoms with Crippen LogP contribution in [-0.4, -0.2) is 18.4 Å². The molecule has 2 rings (SSSR count). The molecular weight excluding hydrogens is 316 g/mol. The van der Waals surface area contributed by atoms with E-state index < -0.39 is 12.0 Å². The van der Waals surface area contributed by atoms with Crippen LogP contribution >= 0.6 is 11.6 Å². The van der Waals surface area contributed by atoms with Gasteiger partial charge in [0.25, 0.3) is 0 Å². The zero-order valence-electron chi connectivity index (χ0n) is 12.4. The van der Waals surface area contributed by atoms with E-state index in [4.69, 9.17) is 16.3 Å². The number of carbonyl (C=O) groups excluding carboxylic acids is 2. The van der Waals surface area contributed by atoms with Crippen LogP contribution in [0.15, 0.2) is 48.5 Å². The standard InChI is InChI=1S/C17H14ClN2O3/c1-2-23-17(22)15(20-19)13-5-3-4-6-14(13)16(21)11-7-9-12(18)10-8-11/h3-10,15H,2H2,1H3/q+1. The second kappa shape index (κ2) is 7.52. The van der Waals surface area contributed by atoms with Crippen molar-refractivity contribution in [3.8, 4) is 0 Å². The maximum absolute atomic E-state index is 12.7. The van der Waals surface area contributed by atoms with Crippen LogP contribution in [0.3, 0.4) is 0 Å². The highest BCUT2D eigenvalue weighted by atomic mass is 35.5. The van der Waals surface area contributed by atoms with Crippen LogP contribution in [0.2, 0.25) is 5.02 Å². The van der Waals surface area contributed by atoms with Gasteiger partial charge >= 0.3 is 12.0 Å². The molecule has 0 heterocycles. The summed E-state index contributed by atoms with van der Waals surface area (Å²) in [5, 5.41) is 9.70. The first kappa shape index (κ1) is 16.7. The minimum absolute atomic E-state index is 0.151. The summed E-state index contributed by atoms with van der Waals surface area (Å²) >= 11 is 5.82. The van der Waals surface area contributed by atoms with Crippen LogP contribution < -0.4 is 0 Å². The number of carbonyl (C=O) groups is 2. The van der Waals surface area contributed by atoms with E-state index in [0.29, 0.717) is 10.6 Å². The maximum Gasteiger partial charge on any atom is 0.433 e. The summed E-state index contributed by atoms with van der Waals surface area (Å²) in [7, 11) is 0. The Balaban J connectivity index is 2.44. The molecule has 0 N–H and O–H groups in total. The first-order valence-corrected chi connectivity index (χ1v) is 7.36. The topological polar surface area (TPSA) is 71.5 Å². The average Bonchev–Trinajstić information content (AvgIpc) is 2.56. The molecule has 0 aliphatic carbocycles. The molecule has 0 radical (unpaired) electrons. The number of ketones is 1. The fourth-order valence-electron chi connectivity index (χ4n) is 2.16. The lowest BCUT2D eigenvalue weighted by Gasteiger charge is -2.07. The van der Waals surface area contributed by atoms with Gasteiger partial charge in [0.15, 0.2) is 5.78 Å². The lowest BCUT2D eigenvalue weighted by atomic mass is 9.94. The largest absolute Gasteiger partial charge is 0.460 e. The number of rotatable bonds is 5. The number of hydrogen-bond donors (Lipinski definition) is 0. The zero-order valence-corrected chi connectivity index (χ0v) is 13.2. The van der Waals surface area contributed by atoms with Crippen molar-refractivity contribution < 1.29 is 14.3 Å². The summed E-state index contributed by atoms with van der Waals surface area (Å²) in [4.78, 5) is 27.7. The van der Waals surface area contributed by atoms with Gasteiger partial charge < -0.3 is 4.74 Å². The second-order valence-corrected chi connectivity index (χ2v) is 5.13. The quantitative estimate of drug-likeness (QED) is 0.471. The van der Waals surface area contributed by atoms with Crippen molar-refractivity contribution in [1.82, 2.24) is 0 Å². The Labute approximate surface area is 138 Å². The van der Waals surface area contributed by atoms with E-state index in [0.717, 1.165) is 0 Å². The summed E-state index contributed by atoms with van der Waals surface area (Å²) in [5.41, 5.74) is 0.974. The Morgan fingerprint density at radius 1 is 1.17 bits per heavy atom. The molecule has 1 atom stereocenters. The van der Waals surface area contributed by atoms with Gasteiger partial charge in [-0.25, -0.2) is 4.79 Å². The van der Waals surface area contributed by atoms with Crippen LogP contribution in [0.4, 0.5) is 0 Å². The molecule has 0 aromatic heterocycles. The number of hydrogen-bond acceptors (Lipinski definition) is 4. The van der Waals surface area contributed by atoms with Crippen molar-refractivity contribution in [2.45, 2.75) is 13.0 Å². The molecule has 0 aliphatic heterocycles. The predicted octanol–water partition coefficient (Wildman–Crippen LogP) is 4.03. The third-order valence-electron chi connectivity index (χ3n) is 3.23. The third kappa shape index (κ3) is 3.74. The van der Waals surface area contributed by atoms with Crippen LogP contribution in [0.25, 0.3) is 4.98 Å². The van der Waals surface area contributed by atoms with E-state index in [2.05, 4.69) is 4.98 Å². The molecular formula is C17H14ClN2O3+. The molecule has 5 nitrogen and oxygen atoms in total. The number of ether oxygens (including phenoxy) is 1. The summed E-state index contributed by atoms with van der Waals surface area (Å²) in [5.74, 6) is -1.01. The number of halogens is 1.